The number of thioether (sulfide) groups is 1. The van der Waals surface area contributed by atoms with Crippen molar-refractivity contribution < 1.29 is 19.5 Å². The molecule has 2 aromatic heterocycles. The van der Waals surface area contributed by atoms with E-state index in [-0.39, 0.29) is 53.1 Å². The summed E-state index contributed by atoms with van der Waals surface area (Å²) in [5.74, 6) is -1.42. The number of carboxylic acid groups (broad SMARTS) is 1. The van der Waals surface area contributed by atoms with Crippen molar-refractivity contribution in [2.45, 2.75) is 32.6 Å². The van der Waals surface area contributed by atoms with Gasteiger partial charge < -0.3 is 15.7 Å². The molecule has 0 atom stereocenters. The Morgan fingerprint density at radius 3 is 2.66 bits per heavy atom. The quantitative estimate of drug-likeness (QED) is 0.417. The molecule has 12 heteroatoms. The van der Waals surface area contributed by atoms with Gasteiger partial charge in [0.2, 0.25) is 5.91 Å². The fourth-order valence-corrected chi connectivity index (χ4v) is 5.49. The highest BCUT2D eigenvalue weighted by atomic mass is 32.2. The zero-order chi connectivity index (χ0) is 25.3. The number of primary amides is 1. The number of amides is 2. The van der Waals surface area contributed by atoms with Gasteiger partial charge in [0.05, 0.1) is 10.5 Å². The second-order valence-electron chi connectivity index (χ2n) is 8.58. The van der Waals surface area contributed by atoms with E-state index < -0.39 is 5.97 Å². The number of hydrogen-bond donors (Lipinski definition) is 2. The lowest BCUT2D eigenvalue weighted by Gasteiger charge is -2.32. The van der Waals surface area contributed by atoms with Crippen molar-refractivity contribution >= 4 is 63.6 Å². The fourth-order valence-electron chi connectivity index (χ4n) is 4.20. The van der Waals surface area contributed by atoms with E-state index in [9.17, 15) is 19.2 Å². The van der Waals surface area contributed by atoms with Crippen LogP contribution in [0.2, 0.25) is 0 Å². The third-order valence-corrected chi connectivity index (χ3v) is 7.48. The number of rotatable bonds is 7. The van der Waals surface area contributed by atoms with Crippen LogP contribution in [0.4, 0.5) is 5.82 Å². The first kappa shape index (κ1) is 24.9. The number of pyridine rings is 1. The van der Waals surface area contributed by atoms with Crippen molar-refractivity contribution in [2.75, 3.05) is 24.5 Å². The van der Waals surface area contributed by atoms with E-state index in [1.54, 1.807) is 12.3 Å². The van der Waals surface area contributed by atoms with Crippen LogP contribution in [0.5, 0.6) is 0 Å². The van der Waals surface area contributed by atoms with Gasteiger partial charge in [0, 0.05) is 38.2 Å². The molecule has 3 N–H and O–H groups in total. The number of hydrogen-bond acceptors (Lipinski definition) is 8. The molecule has 184 valence electrons. The second kappa shape index (κ2) is 10.2. The van der Waals surface area contributed by atoms with Crippen LogP contribution in [-0.2, 0) is 14.4 Å². The minimum absolute atomic E-state index is 0.0726. The molecule has 0 saturated carbocycles. The van der Waals surface area contributed by atoms with E-state index in [1.165, 1.54) is 15.4 Å². The van der Waals surface area contributed by atoms with Gasteiger partial charge in [0.15, 0.2) is 0 Å². The monoisotopic (exact) mass is 515 g/mol. The van der Waals surface area contributed by atoms with Crippen molar-refractivity contribution in [3.8, 4) is 0 Å². The molecular weight excluding hydrogens is 490 g/mol. The zero-order valence-corrected chi connectivity index (χ0v) is 20.7. The Morgan fingerprint density at radius 2 is 2.00 bits per heavy atom. The summed E-state index contributed by atoms with van der Waals surface area (Å²) in [5.41, 5.74) is 6.77. The predicted octanol–water partition coefficient (Wildman–Crippen LogP) is 1.77. The van der Waals surface area contributed by atoms with E-state index in [0.717, 1.165) is 17.3 Å². The van der Waals surface area contributed by atoms with Gasteiger partial charge in [-0.25, -0.2) is 4.98 Å². The number of carbonyl (C=O) groups is 3. The zero-order valence-electron chi connectivity index (χ0n) is 19.1. The summed E-state index contributed by atoms with van der Waals surface area (Å²) >= 11 is 6.42. The van der Waals surface area contributed by atoms with Crippen molar-refractivity contribution in [3.63, 3.8) is 0 Å². The summed E-state index contributed by atoms with van der Waals surface area (Å²) in [5, 5.41) is 8.88. The third kappa shape index (κ3) is 5.22. The maximum atomic E-state index is 13.6. The van der Waals surface area contributed by atoms with Crippen molar-refractivity contribution in [1.29, 1.82) is 0 Å². The van der Waals surface area contributed by atoms with Gasteiger partial charge in [-0.3, -0.25) is 28.5 Å². The van der Waals surface area contributed by atoms with Crippen LogP contribution in [0.15, 0.2) is 28.0 Å². The minimum Gasteiger partial charge on any atom is -0.481 e. The minimum atomic E-state index is -0.943. The first-order valence-corrected chi connectivity index (χ1v) is 12.4. The summed E-state index contributed by atoms with van der Waals surface area (Å²) in [6.07, 6.45) is 4.52. The van der Waals surface area contributed by atoms with E-state index in [0.29, 0.717) is 41.7 Å². The maximum absolute atomic E-state index is 13.6. The number of anilines is 1. The summed E-state index contributed by atoms with van der Waals surface area (Å²) in [7, 11) is 0. The summed E-state index contributed by atoms with van der Waals surface area (Å²) in [6.45, 7) is 3.06. The molecular formula is C23H25N5O5S2. The maximum Gasteiger partial charge on any atom is 0.303 e. The number of aromatic nitrogens is 2. The number of thiocarbonyl (C=S) groups is 1. The molecule has 0 aromatic carbocycles. The molecule has 4 heterocycles. The van der Waals surface area contributed by atoms with E-state index in [4.69, 9.17) is 28.0 Å². The molecule has 10 nitrogen and oxygen atoms in total. The van der Waals surface area contributed by atoms with Crippen molar-refractivity contribution in [2.24, 2.45) is 11.7 Å². The van der Waals surface area contributed by atoms with Crippen molar-refractivity contribution in [1.82, 2.24) is 14.3 Å². The number of piperidine rings is 1. The predicted molar refractivity (Wildman–Crippen MR) is 137 cm³/mol. The number of fused-ring (bicyclic) bond motifs is 1. The van der Waals surface area contributed by atoms with Crippen LogP contribution in [0.1, 0.15) is 36.8 Å². The fraction of sp³-hybridized carbons (Fsp3) is 0.391. The highest BCUT2D eigenvalue weighted by Crippen LogP contribution is 2.34. The van der Waals surface area contributed by atoms with E-state index >= 15 is 0 Å². The normalized spacial score (nSPS) is 18.1. The Kier molecular flexibility index (Phi) is 7.22. The topological polar surface area (TPSA) is 138 Å². The largest absolute Gasteiger partial charge is 0.481 e. The molecule has 0 bridgehead atoms. The Hall–Kier alpha value is -3.25. The van der Waals surface area contributed by atoms with Gasteiger partial charge in [-0.05, 0) is 43.9 Å². The smallest absolute Gasteiger partial charge is 0.303 e. The summed E-state index contributed by atoms with van der Waals surface area (Å²) < 4.78 is 1.77. The average molecular weight is 516 g/mol. The number of nitrogens with two attached hydrogens (primary N) is 1. The molecule has 0 unspecified atom stereocenters. The number of aryl methyl sites for hydroxylation is 1. The van der Waals surface area contributed by atoms with E-state index in [1.807, 2.05) is 17.9 Å². The first-order chi connectivity index (χ1) is 16.7. The molecule has 4 rings (SSSR count). The molecule has 2 fully saturated rings. The molecule has 2 aliphatic rings. The van der Waals surface area contributed by atoms with Gasteiger partial charge in [0.25, 0.3) is 11.5 Å². The number of aliphatic carboxylic acids is 1. The Balaban J connectivity index is 1.73. The molecule has 0 spiro atoms. The molecule has 2 aromatic rings. The lowest BCUT2D eigenvalue weighted by atomic mass is 9.96. The second-order valence-corrected chi connectivity index (χ2v) is 10.3. The molecule has 2 amide bonds. The van der Waals surface area contributed by atoms with Crippen LogP contribution < -0.4 is 16.2 Å². The SMILES string of the molecule is Cc1ccc2nc(N3CCC(C(N)=O)CC3)c(/C=C3/SC(=S)N(CCCC(=O)O)C3=O)c(=O)n2c1. The lowest BCUT2D eigenvalue weighted by Crippen LogP contribution is -2.40. The summed E-state index contributed by atoms with van der Waals surface area (Å²) in [4.78, 5) is 57.4. The average Bonchev–Trinajstić information content (AvgIpc) is 3.08. The Bertz CT molecular complexity index is 1310. The van der Waals surface area contributed by atoms with Crippen molar-refractivity contribution in [3.05, 3.63) is 44.7 Å². The molecule has 2 saturated heterocycles. The number of nitrogens with zero attached hydrogens (tertiary/aromatic N) is 4. The van der Waals surface area contributed by atoms with Gasteiger partial charge in [0.1, 0.15) is 15.8 Å². The van der Waals surface area contributed by atoms with Gasteiger partial charge in [-0.1, -0.05) is 30.0 Å². The molecule has 2 aliphatic heterocycles. The molecule has 0 aliphatic carbocycles. The highest BCUT2D eigenvalue weighted by molar-refractivity contribution is 8.26. The van der Waals surface area contributed by atoms with Gasteiger partial charge >= 0.3 is 5.97 Å². The van der Waals surface area contributed by atoms with Gasteiger partial charge in [-0.15, -0.1) is 0 Å². The van der Waals surface area contributed by atoms with Crippen LogP contribution in [0, 0.1) is 12.8 Å². The lowest BCUT2D eigenvalue weighted by molar-refractivity contribution is -0.137. The standard InChI is InChI=1S/C23H25N5O5S2/c1-13-4-5-17-25-20(26-9-6-14(7-10-26)19(24)31)15(21(32)28(17)12-13)11-16-22(33)27(23(34)35-16)8-2-3-18(29)30/h4-5,11-12,14H,2-3,6-10H2,1H3,(H2,24,31)(H,29,30)/b16-11+. The third-order valence-electron chi connectivity index (χ3n) is 6.10. The Morgan fingerprint density at radius 1 is 1.29 bits per heavy atom. The van der Waals surface area contributed by atoms with E-state index in [2.05, 4.69) is 0 Å². The number of carbonyl (C=O) groups excluding carboxylic acids is 2. The van der Waals surface area contributed by atoms with Crippen LogP contribution >= 0.6 is 24.0 Å². The first-order valence-electron chi connectivity index (χ1n) is 11.2. The molecule has 0 radical (unpaired) electrons. The molecule has 35 heavy (non-hydrogen) atoms. The Labute approximate surface area is 210 Å². The van der Waals surface area contributed by atoms with Gasteiger partial charge in [-0.2, -0.15) is 0 Å². The van der Waals surface area contributed by atoms with Crippen LogP contribution in [0.25, 0.3) is 11.7 Å². The van der Waals surface area contributed by atoms with Crippen LogP contribution in [0.3, 0.4) is 0 Å². The van der Waals surface area contributed by atoms with Crippen LogP contribution in [-0.4, -0.2) is 61.1 Å². The number of carboxylic acids is 1. The summed E-state index contributed by atoms with van der Waals surface area (Å²) in [6, 6.07) is 3.63. The highest BCUT2D eigenvalue weighted by Gasteiger charge is 2.33.